The van der Waals surface area contributed by atoms with Crippen LogP contribution in [0.15, 0.2) is 78.9 Å². The maximum Gasteiger partial charge on any atom is 0.318 e. The van der Waals surface area contributed by atoms with Crippen molar-refractivity contribution in [2.45, 2.75) is 58.0 Å². The van der Waals surface area contributed by atoms with Crippen molar-refractivity contribution in [3.05, 3.63) is 101 Å². The molecule has 3 aromatic rings. The second-order valence-electron chi connectivity index (χ2n) is 9.32. The Morgan fingerprint density at radius 3 is 2.40 bits per heavy atom. The van der Waals surface area contributed by atoms with E-state index in [4.69, 9.17) is 4.74 Å². The molecule has 0 bridgehead atoms. The summed E-state index contributed by atoms with van der Waals surface area (Å²) in [7, 11) is 0. The lowest BCUT2D eigenvalue weighted by atomic mass is 9.92. The first kappa shape index (κ1) is 24.7. The average molecular weight is 476 g/mol. The summed E-state index contributed by atoms with van der Waals surface area (Å²) in [6, 6.07) is 24.7. The molecular weight excluding hydrogens is 441 g/mol. The Morgan fingerprint density at radius 1 is 1.03 bits per heavy atom. The van der Waals surface area contributed by atoms with E-state index in [-0.39, 0.29) is 30.0 Å². The van der Waals surface area contributed by atoms with Crippen molar-refractivity contribution in [1.82, 2.24) is 15.5 Å². The van der Waals surface area contributed by atoms with Crippen molar-refractivity contribution < 1.29 is 13.9 Å². The van der Waals surface area contributed by atoms with Crippen LogP contribution >= 0.6 is 0 Å². The van der Waals surface area contributed by atoms with Crippen LogP contribution in [0.1, 0.15) is 49.4 Å². The predicted molar refractivity (Wildman–Crippen MR) is 137 cm³/mol. The fourth-order valence-corrected chi connectivity index (χ4v) is 4.51. The molecule has 1 aliphatic heterocycles. The van der Waals surface area contributed by atoms with Gasteiger partial charge in [-0.05, 0) is 74.2 Å². The van der Waals surface area contributed by atoms with E-state index in [0.29, 0.717) is 13.1 Å². The highest BCUT2D eigenvalue weighted by Crippen LogP contribution is 2.27. The minimum absolute atomic E-state index is 0.0633. The molecule has 0 saturated carbocycles. The molecule has 4 rings (SSSR count). The van der Waals surface area contributed by atoms with Gasteiger partial charge in [-0.25, -0.2) is 9.18 Å². The number of amides is 2. The second kappa shape index (κ2) is 11.8. The van der Waals surface area contributed by atoms with Crippen LogP contribution in [-0.4, -0.2) is 29.6 Å². The van der Waals surface area contributed by atoms with Gasteiger partial charge in [-0.3, -0.25) is 0 Å². The number of hydrogen-bond acceptors (Lipinski definition) is 3. The van der Waals surface area contributed by atoms with Gasteiger partial charge >= 0.3 is 6.03 Å². The zero-order valence-electron chi connectivity index (χ0n) is 20.4. The fraction of sp³-hybridized carbons (Fsp3) is 0.345. The summed E-state index contributed by atoms with van der Waals surface area (Å²) in [4.78, 5) is 15.3. The fourth-order valence-electron chi connectivity index (χ4n) is 4.51. The Hall–Kier alpha value is -3.38. The first-order valence-electron chi connectivity index (χ1n) is 12.3. The number of piperidine rings is 1. The van der Waals surface area contributed by atoms with Crippen LogP contribution < -0.4 is 15.4 Å². The summed E-state index contributed by atoms with van der Waals surface area (Å²) in [6.45, 7) is 5.67. The van der Waals surface area contributed by atoms with Crippen LogP contribution in [0.25, 0.3) is 0 Å². The van der Waals surface area contributed by atoms with Crippen LogP contribution in [0.5, 0.6) is 5.75 Å². The van der Waals surface area contributed by atoms with E-state index in [0.717, 1.165) is 36.3 Å². The van der Waals surface area contributed by atoms with Crippen molar-refractivity contribution in [3.8, 4) is 5.75 Å². The number of carbonyl (C=O) groups is 1. The summed E-state index contributed by atoms with van der Waals surface area (Å²) in [5.41, 5.74) is 3.14. The number of nitrogens with zero attached hydrogens (tertiary/aromatic N) is 1. The highest BCUT2D eigenvalue weighted by atomic mass is 19.1. The molecule has 0 spiro atoms. The van der Waals surface area contributed by atoms with E-state index < -0.39 is 0 Å². The highest BCUT2D eigenvalue weighted by Gasteiger charge is 2.30. The zero-order chi connectivity index (χ0) is 24.6. The Kier molecular flexibility index (Phi) is 8.37. The summed E-state index contributed by atoms with van der Waals surface area (Å²) < 4.78 is 19.2. The van der Waals surface area contributed by atoms with Gasteiger partial charge in [-0.1, -0.05) is 54.6 Å². The quantitative estimate of drug-likeness (QED) is 0.432. The number of rotatable bonds is 8. The molecule has 1 aliphatic rings. The van der Waals surface area contributed by atoms with Crippen LogP contribution in [0.4, 0.5) is 9.18 Å². The Balaban J connectivity index is 1.46. The van der Waals surface area contributed by atoms with Crippen LogP contribution in [0.2, 0.25) is 0 Å². The van der Waals surface area contributed by atoms with E-state index in [2.05, 4.69) is 22.8 Å². The monoisotopic (exact) mass is 475 g/mol. The SMILES string of the molecule is CC(C)Oc1ccc(CNC(=O)N(Cc2ccc(F)cc2)[C@H]2CCN[C@@H](c3ccccc3)C2)cc1. The van der Waals surface area contributed by atoms with E-state index >= 15 is 0 Å². The van der Waals surface area contributed by atoms with Crippen molar-refractivity contribution in [1.29, 1.82) is 0 Å². The number of halogens is 1. The minimum atomic E-state index is -0.277. The molecule has 184 valence electrons. The maximum atomic E-state index is 13.5. The average Bonchev–Trinajstić information content (AvgIpc) is 2.88. The number of hydrogen-bond donors (Lipinski definition) is 2. The molecule has 2 atom stereocenters. The molecule has 1 heterocycles. The van der Waals surface area contributed by atoms with Crippen molar-refractivity contribution >= 4 is 6.03 Å². The molecule has 0 aliphatic carbocycles. The Bertz CT molecular complexity index is 1070. The summed E-state index contributed by atoms with van der Waals surface area (Å²) in [6.07, 6.45) is 1.80. The van der Waals surface area contributed by atoms with Gasteiger partial charge in [0.15, 0.2) is 0 Å². The summed E-state index contributed by atoms with van der Waals surface area (Å²) >= 11 is 0. The van der Waals surface area contributed by atoms with E-state index in [1.165, 1.54) is 17.7 Å². The molecule has 2 amide bonds. The molecular formula is C29H34FN3O2. The van der Waals surface area contributed by atoms with Gasteiger partial charge in [0.1, 0.15) is 11.6 Å². The molecule has 35 heavy (non-hydrogen) atoms. The Morgan fingerprint density at radius 2 is 1.71 bits per heavy atom. The summed E-state index contributed by atoms with van der Waals surface area (Å²) in [5, 5.41) is 6.68. The standard InChI is InChI=1S/C29H34FN3O2/c1-21(2)35-27-14-10-22(11-15-27)19-32-29(34)33(20-23-8-12-25(30)13-9-23)26-16-17-31-28(18-26)24-6-4-3-5-7-24/h3-15,21,26,28,31H,16-20H2,1-2H3,(H,32,34)/t26-,28+/m0/s1. The van der Waals surface area contributed by atoms with Crippen LogP contribution in [-0.2, 0) is 13.1 Å². The molecule has 3 aromatic carbocycles. The van der Waals surface area contributed by atoms with Crippen LogP contribution in [0.3, 0.4) is 0 Å². The maximum absolute atomic E-state index is 13.5. The van der Waals surface area contributed by atoms with Crippen molar-refractivity contribution in [3.63, 3.8) is 0 Å². The molecule has 6 heteroatoms. The number of urea groups is 1. The Labute approximate surface area is 207 Å². The first-order valence-corrected chi connectivity index (χ1v) is 12.3. The van der Waals surface area contributed by atoms with Gasteiger partial charge in [0, 0.05) is 25.2 Å². The third-order valence-electron chi connectivity index (χ3n) is 6.28. The first-order chi connectivity index (χ1) is 17.0. The minimum Gasteiger partial charge on any atom is -0.491 e. The molecule has 0 aromatic heterocycles. The van der Waals surface area contributed by atoms with Gasteiger partial charge in [0.25, 0.3) is 0 Å². The largest absolute Gasteiger partial charge is 0.491 e. The van der Waals surface area contributed by atoms with Gasteiger partial charge in [-0.15, -0.1) is 0 Å². The smallest absolute Gasteiger partial charge is 0.318 e. The lowest BCUT2D eigenvalue weighted by Crippen LogP contribution is -2.50. The second-order valence-corrected chi connectivity index (χ2v) is 9.32. The number of ether oxygens (including phenoxy) is 1. The van der Waals surface area contributed by atoms with Gasteiger partial charge in [0.2, 0.25) is 0 Å². The molecule has 5 nitrogen and oxygen atoms in total. The predicted octanol–water partition coefficient (Wildman–Crippen LogP) is 5.82. The zero-order valence-corrected chi connectivity index (χ0v) is 20.4. The normalized spacial score (nSPS) is 17.7. The topological polar surface area (TPSA) is 53.6 Å². The molecule has 0 radical (unpaired) electrons. The molecule has 0 unspecified atom stereocenters. The molecule has 2 N–H and O–H groups in total. The third kappa shape index (κ3) is 7.06. The molecule has 1 fully saturated rings. The number of benzene rings is 3. The van der Waals surface area contributed by atoms with E-state index in [1.54, 1.807) is 12.1 Å². The lowest BCUT2D eigenvalue weighted by Gasteiger charge is -2.38. The third-order valence-corrected chi connectivity index (χ3v) is 6.28. The van der Waals surface area contributed by atoms with Gasteiger partial charge in [-0.2, -0.15) is 0 Å². The lowest BCUT2D eigenvalue weighted by molar-refractivity contribution is 0.143. The van der Waals surface area contributed by atoms with Crippen LogP contribution in [0, 0.1) is 5.82 Å². The number of carbonyl (C=O) groups excluding carboxylic acids is 1. The molecule has 1 saturated heterocycles. The van der Waals surface area contributed by atoms with Crippen molar-refractivity contribution in [2.75, 3.05) is 6.54 Å². The van der Waals surface area contributed by atoms with Crippen molar-refractivity contribution in [2.24, 2.45) is 0 Å². The van der Waals surface area contributed by atoms with Gasteiger partial charge in [0.05, 0.1) is 6.10 Å². The van der Waals surface area contributed by atoms with E-state index in [1.807, 2.05) is 61.2 Å². The van der Waals surface area contributed by atoms with E-state index in [9.17, 15) is 9.18 Å². The highest BCUT2D eigenvalue weighted by molar-refractivity contribution is 5.74. The summed E-state index contributed by atoms with van der Waals surface area (Å²) in [5.74, 6) is 0.537. The van der Waals surface area contributed by atoms with Gasteiger partial charge < -0.3 is 20.3 Å². The number of nitrogens with one attached hydrogen (secondary N) is 2.